The Balaban J connectivity index is 1.62. The highest BCUT2D eigenvalue weighted by Gasteiger charge is 2.36. The molecule has 13 heteroatoms. The van der Waals surface area contributed by atoms with E-state index in [4.69, 9.17) is 33.4 Å². The molecule has 0 fully saturated rings. The molecule has 4 aromatic rings. The molecule has 254 valence electrons. The first-order chi connectivity index (χ1) is 23.8. The van der Waals surface area contributed by atoms with Crippen LogP contribution in [0.5, 0.6) is 23.0 Å². The van der Waals surface area contributed by atoms with E-state index < -0.39 is 12.0 Å². The van der Waals surface area contributed by atoms with Crippen LogP contribution in [0.15, 0.2) is 75.7 Å². The molecule has 1 aliphatic heterocycles. The van der Waals surface area contributed by atoms with Gasteiger partial charge >= 0.3 is 5.97 Å². The number of hydrogen-bond acceptors (Lipinski definition) is 11. The van der Waals surface area contributed by atoms with Gasteiger partial charge in [-0.2, -0.15) is 5.26 Å². The van der Waals surface area contributed by atoms with Gasteiger partial charge in [0.15, 0.2) is 27.8 Å². The third-order valence-corrected chi connectivity index (χ3v) is 9.42. The number of halogens is 1. The van der Waals surface area contributed by atoms with Gasteiger partial charge in [0.25, 0.3) is 5.56 Å². The molecule has 0 bridgehead atoms. The van der Waals surface area contributed by atoms with Gasteiger partial charge in [-0.1, -0.05) is 41.7 Å². The summed E-state index contributed by atoms with van der Waals surface area (Å²) in [7, 11) is 4.59. The lowest BCUT2D eigenvalue weighted by molar-refractivity contribution is -0.140. The van der Waals surface area contributed by atoms with Gasteiger partial charge in [0.05, 0.1) is 58.4 Å². The van der Waals surface area contributed by atoms with Crippen LogP contribution in [0.25, 0.3) is 6.08 Å². The molecule has 0 N–H and O–H groups in total. The molecule has 1 aliphatic rings. The number of esters is 1. The van der Waals surface area contributed by atoms with Crippen molar-refractivity contribution in [3.63, 3.8) is 0 Å². The van der Waals surface area contributed by atoms with Crippen LogP contribution >= 0.6 is 33.9 Å². The van der Waals surface area contributed by atoms with E-state index in [0.29, 0.717) is 61.3 Å². The van der Waals surface area contributed by atoms with Crippen molar-refractivity contribution >= 4 is 46.0 Å². The van der Waals surface area contributed by atoms with Gasteiger partial charge < -0.3 is 28.4 Å². The summed E-state index contributed by atoms with van der Waals surface area (Å²) in [6, 6.07) is 17.5. The number of rotatable bonds is 13. The molecule has 0 saturated carbocycles. The Hall–Kier alpha value is -4.65. The lowest BCUT2D eigenvalue weighted by Gasteiger charge is -2.27. The predicted molar refractivity (Wildman–Crippen MR) is 192 cm³/mol. The number of ether oxygens (including phenoxy) is 6. The third kappa shape index (κ3) is 7.51. The minimum atomic E-state index is -0.910. The third-order valence-electron chi connectivity index (χ3n) is 7.63. The number of benzene rings is 3. The summed E-state index contributed by atoms with van der Waals surface area (Å²) in [6.07, 6.45) is 1.76. The number of thiazole rings is 1. The van der Waals surface area contributed by atoms with Gasteiger partial charge in [0.2, 0.25) is 0 Å². The molecule has 0 unspecified atom stereocenters. The molecular formula is C36H34IN3O8S. The largest absolute Gasteiger partial charge is 0.493 e. The van der Waals surface area contributed by atoms with Crippen molar-refractivity contribution in [1.82, 2.24) is 4.57 Å². The second kappa shape index (κ2) is 16.2. The summed E-state index contributed by atoms with van der Waals surface area (Å²) in [5.41, 5.74) is 2.81. The Labute approximate surface area is 300 Å². The highest BCUT2D eigenvalue weighted by molar-refractivity contribution is 14.1. The van der Waals surface area contributed by atoms with Gasteiger partial charge in [-0.05, 0) is 72.3 Å². The monoisotopic (exact) mass is 795 g/mol. The Morgan fingerprint density at radius 1 is 1.04 bits per heavy atom. The lowest BCUT2D eigenvalue weighted by Crippen LogP contribution is -2.40. The van der Waals surface area contributed by atoms with Crippen molar-refractivity contribution in [2.45, 2.75) is 26.5 Å². The number of nitrogens with zero attached hydrogens (tertiary/aromatic N) is 3. The molecule has 2 heterocycles. The number of methoxy groups -OCH3 is 3. The second-order valence-electron chi connectivity index (χ2n) is 10.6. The predicted octanol–water partition coefficient (Wildman–Crippen LogP) is 4.90. The molecule has 5 rings (SSSR count). The maximum absolute atomic E-state index is 14.3. The number of allylic oxidation sites excluding steroid dienone is 1. The highest BCUT2D eigenvalue weighted by Crippen LogP contribution is 2.41. The van der Waals surface area contributed by atoms with E-state index >= 15 is 0 Å². The SMILES string of the molecule is CCOc1c(OC)cccc1[C@@H]1C(C(=O)OCCOC)=C(C)N=c2s/c(=C/c3cc(I)c(OCc4ccccc4C#N)c(OC)c3)c(=O)n21. The first kappa shape index (κ1) is 35.7. The quantitative estimate of drug-likeness (QED) is 0.106. The van der Waals surface area contributed by atoms with Gasteiger partial charge in [-0.3, -0.25) is 9.36 Å². The first-order valence-corrected chi connectivity index (χ1v) is 17.1. The van der Waals surface area contributed by atoms with Crippen molar-refractivity contribution in [3.8, 4) is 29.1 Å². The highest BCUT2D eigenvalue weighted by atomic mass is 127. The maximum atomic E-state index is 14.3. The maximum Gasteiger partial charge on any atom is 0.338 e. The fourth-order valence-corrected chi connectivity index (χ4v) is 7.23. The summed E-state index contributed by atoms with van der Waals surface area (Å²) in [5.74, 6) is 1.24. The van der Waals surface area contributed by atoms with Gasteiger partial charge in [0, 0.05) is 18.2 Å². The second-order valence-corrected chi connectivity index (χ2v) is 12.8. The lowest BCUT2D eigenvalue weighted by atomic mass is 9.94. The Morgan fingerprint density at radius 3 is 2.53 bits per heavy atom. The van der Waals surface area contributed by atoms with Crippen LogP contribution in [-0.4, -0.2) is 51.7 Å². The molecule has 1 atom stereocenters. The van der Waals surface area contributed by atoms with Crippen LogP contribution in [0.3, 0.4) is 0 Å². The van der Waals surface area contributed by atoms with Crippen molar-refractivity contribution in [2.75, 3.05) is 41.2 Å². The van der Waals surface area contributed by atoms with Crippen molar-refractivity contribution in [3.05, 3.63) is 111 Å². The zero-order chi connectivity index (χ0) is 35.1. The van der Waals surface area contributed by atoms with E-state index in [-0.39, 0.29) is 31.0 Å². The fourth-order valence-electron chi connectivity index (χ4n) is 5.40. The molecule has 1 aromatic heterocycles. The smallest absolute Gasteiger partial charge is 0.338 e. The average Bonchev–Trinajstić information content (AvgIpc) is 3.40. The van der Waals surface area contributed by atoms with Gasteiger partial charge in [0.1, 0.15) is 19.3 Å². The zero-order valence-corrected chi connectivity index (χ0v) is 30.5. The summed E-state index contributed by atoms with van der Waals surface area (Å²) >= 11 is 3.36. The minimum absolute atomic E-state index is 0.0324. The van der Waals surface area contributed by atoms with E-state index in [9.17, 15) is 14.9 Å². The van der Waals surface area contributed by atoms with Crippen LogP contribution in [0.4, 0.5) is 0 Å². The van der Waals surface area contributed by atoms with Crippen LogP contribution in [0.1, 0.15) is 42.1 Å². The number of aromatic nitrogens is 1. The summed E-state index contributed by atoms with van der Waals surface area (Å²) in [5, 5.41) is 9.46. The Kier molecular flexibility index (Phi) is 11.8. The van der Waals surface area contributed by atoms with E-state index in [1.165, 1.54) is 30.1 Å². The number of fused-ring (bicyclic) bond motifs is 1. The number of nitriles is 1. The first-order valence-electron chi connectivity index (χ1n) is 15.2. The summed E-state index contributed by atoms with van der Waals surface area (Å²) < 4.78 is 36.7. The molecule has 49 heavy (non-hydrogen) atoms. The molecule has 0 amide bonds. The van der Waals surface area contributed by atoms with E-state index in [0.717, 1.165) is 9.13 Å². The molecule has 11 nitrogen and oxygen atoms in total. The van der Waals surface area contributed by atoms with Gasteiger partial charge in [-0.25, -0.2) is 9.79 Å². The average molecular weight is 796 g/mol. The van der Waals surface area contributed by atoms with Crippen molar-refractivity contribution < 1.29 is 33.2 Å². The van der Waals surface area contributed by atoms with Crippen molar-refractivity contribution in [1.29, 1.82) is 5.26 Å². The summed E-state index contributed by atoms with van der Waals surface area (Å²) in [6.45, 7) is 4.32. The molecular weight excluding hydrogens is 761 g/mol. The number of carbonyl (C=O) groups excluding carboxylic acids is 1. The Morgan fingerprint density at radius 2 is 1.82 bits per heavy atom. The normalized spacial score (nSPS) is 14.1. The molecule has 3 aromatic carbocycles. The zero-order valence-electron chi connectivity index (χ0n) is 27.6. The number of hydrogen-bond donors (Lipinski definition) is 0. The van der Waals surface area contributed by atoms with E-state index in [1.54, 1.807) is 56.5 Å². The summed E-state index contributed by atoms with van der Waals surface area (Å²) in [4.78, 5) is 33.0. The van der Waals surface area contributed by atoms with Crippen LogP contribution in [0, 0.1) is 14.9 Å². The fraction of sp³-hybridized carbons (Fsp3) is 0.278. The van der Waals surface area contributed by atoms with Crippen LogP contribution in [0.2, 0.25) is 0 Å². The number of carbonyl (C=O) groups is 1. The van der Waals surface area contributed by atoms with Crippen LogP contribution in [-0.2, 0) is 20.9 Å². The van der Waals surface area contributed by atoms with Gasteiger partial charge in [-0.15, -0.1) is 0 Å². The van der Waals surface area contributed by atoms with E-state index in [1.807, 2.05) is 25.1 Å². The topological polar surface area (TPSA) is 131 Å². The molecule has 0 aliphatic carbocycles. The van der Waals surface area contributed by atoms with E-state index in [2.05, 4.69) is 28.7 Å². The molecule has 0 saturated heterocycles. The minimum Gasteiger partial charge on any atom is -0.493 e. The molecule has 0 spiro atoms. The molecule has 0 radical (unpaired) electrons. The van der Waals surface area contributed by atoms with Crippen LogP contribution < -0.4 is 33.8 Å². The standard InChI is InChI=1S/C36H34IN3O8S/c1-6-46-32-25(12-9-13-27(32)44-4)31-30(35(42)47-15-14-43-3)21(2)39-36-40(31)34(41)29(49-36)18-22-16-26(37)33(28(17-22)45-5)48-20-24-11-8-7-10-23(24)19-38/h7-13,16-18,31H,6,14-15,20H2,1-5H3/b29-18+/t31-/m1/s1. The number of para-hydroxylation sites is 1. The Bertz CT molecular complexity index is 2130. The van der Waals surface area contributed by atoms with Crippen molar-refractivity contribution in [2.24, 2.45) is 4.99 Å².